The Hall–Kier alpha value is -1.17. The van der Waals surface area contributed by atoms with Crippen LogP contribution in [0.5, 0.6) is 0 Å². The highest BCUT2D eigenvalue weighted by atomic mass is 32.2. The van der Waals surface area contributed by atoms with E-state index < -0.39 is 5.97 Å². The van der Waals surface area contributed by atoms with Gasteiger partial charge in [-0.05, 0) is 0 Å². The monoisotopic (exact) mass is 201 g/mol. The second-order valence-corrected chi connectivity index (χ2v) is 3.84. The van der Waals surface area contributed by atoms with Gasteiger partial charge in [0, 0.05) is 0 Å². The summed E-state index contributed by atoms with van der Waals surface area (Å²) in [5.41, 5.74) is -0.0197. The quantitative estimate of drug-likeness (QED) is 0.646. The molecule has 0 spiro atoms. The van der Waals surface area contributed by atoms with E-state index in [1.165, 1.54) is 23.8 Å². The molecule has 1 atom stereocenters. The fourth-order valence-electron chi connectivity index (χ4n) is 1.36. The highest BCUT2D eigenvalue weighted by Gasteiger charge is 2.49. The molecule has 2 aliphatic heterocycles. The van der Waals surface area contributed by atoms with Gasteiger partial charge in [-0.3, -0.25) is 9.69 Å². The number of hydrogen-bond acceptors (Lipinski definition) is 4. The molecule has 0 aromatic heterocycles. The maximum absolute atomic E-state index is 11.0. The summed E-state index contributed by atoms with van der Waals surface area (Å²) < 4.78 is 4.88. The average molecular weight is 201 g/mol. The number of β-lactam (4-membered cyclic amide) rings is 1. The van der Waals surface area contributed by atoms with Crippen molar-refractivity contribution < 1.29 is 19.4 Å². The van der Waals surface area contributed by atoms with Crippen LogP contribution < -0.4 is 0 Å². The average Bonchev–Trinajstić information content (AvgIpc) is 2.37. The number of methoxy groups -OCH3 is 1. The molecule has 1 fully saturated rings. The standard InChI is InChI=1S/C7H7NO4S/c1-12-7-5(6(10)11)8-3(9)2-4(8)13-7/h4H,2H2,1H3,(H,10,11)/t4-/m0/s1. The number of carbonyl (C=O) groups is 2. The van der Waals surface area contributed by atoms with Crippen molar-refractivity contribution in [1.29, 1.82) is 0 Å². The van der Waals surface area contributed by atoms with Crippen LogP contribution in [0.1, 0.15) is 6.42 Å². The fraction of sp³-hybridized carbons (Fsp3) is 0.429. The lowest BCUT2D eigenvalue weighted by atomic mass is 10.2. The summed E-state index contributed by atoms with van der Waals surface area (Å²) in [7, 11) is 1.40. The highest BCUT2D eigenvalue weighted by molar-refractivity contribution is 8.03. The molecule has 1 N–H and O–H groups in total. The fourth-order valence-corrected chi connectivity index (χ4v) is 2.56. The minimum Gasteiger partial charge on any atom is -0.488 e. The van der Waals surface area contributed by atoms with Crippen LogP contribution in [0.3, 0.4) is 0 Å². The Bertz CT molecular complexity index is 324. The van der Waals surface area contributed by atoms with Gasteiger partial charge >= 0.3 is 5.97 Å². The molecule has 1 saturated heterocycles. The molecule has 0 aromatic rings. The van der Waals surface area contributed by atoms with Gasteiger partial charge in [-0.25, -0.2) is 4.79 Å². The number of thioether (sulfide) groups is 1. The second kappa shape index (κ2) is 2.66. The first-order valence-corrected chi connectivity index (χ1v) is 4.53. The van der Waals surface area contributed by atoms with Crippen LogP contribution in [-0.2, 0) is 14.3 Å². The molecule has 0 radical (unpaired) electrons. The van der Waals surface area contributed by atoms with E-state index in [4.69, 9.17) is 9.84 Å². The lowest BCUT2D eigenvalue weighted by Gasteiger charge is -2.33. The summed E-state index contributed by atoms with van der Waals surface area (Å²) in [5.74, 6) is -1.26. The number of hydrogen-bond donors (Lipinski definition) is 1. The van der Waals surface area contributed by atoms with E-state index in [0.717, 1.165) is 0 Å². The van der Waals surface area contributed by atoms with Crippen LogP contribution in [0.25, 0.3) is 0 Å². The molecule has 1 amide bonds. The molecule has 0 bridgehead atoms. The van der Waals surface area contributed by atoms with Gasteiger partial charge in [0.1, 0.15) is 0 Å². The molecule has 0 unspecified atom stereocenters. The number of carbonyl (C=O) groups excluding carboxylic acids is 1. The molecule has 2 heterocycles. The molecule has 2 rings (SSSR count). The minimum absolute atomic E-state index is 0.0197. The topological polar surface area (TPSA) is 66.8 Å². The number of ether oxygens (including phenoxy) is 1. The van der Waals surface area contributed by atoms with Crippen LogP contribution in [0.4, 0.5) is 0 Å². The Morgan fingerprint density at radius 1 is 1.77 bits per heavy atom. The minimum atomic E-state index is -1.11. The SMILES string of the molecule is COC1=C(C(=O)O)N2C(=O)C[C@@H]2S1. The van der Waals surface area contributed by atoms with E-state index in [9.17, 15) is 9.59 Å². The van der Waals surface area contributed by atoms with Gasteiger partial charge in [-0.1, -0.05) is 11.8 Å². The van der Waals surface area contributed by atoms with Crippen LogP contribution in [0.15, 0.2) is 10.8 Å². The molecule has 6 heteroatoms. The van der Waals surface area contributed by atoms with E-state index in [1.807, 2.05) is 0 Å². The smallest absolute Gasteiger partial charge is 0.357 e. The highest BCUT2D eigenvalue weighted by Crippen LogP contribution is 2.45. The molecule has 0 saturated carbocycles. The van der Waals surface area contributed by atoms with Crippen molar-refractivity contribution in [2.24, 2.45) is 0 Å². The Labute approximate surface area is 78.3 Å². The zero-order valence-corrected chi connectivity index (χ0v) is 7.63. The van der Waals surface area contributed by atoms with Crippen molar-refractivity contribution in [2.75, 3.05) is 7.11 Å². The zero-order chi connectivity index (χ0) is 9.59. The summed E-state index contributed by atoms with van der Waals surface area (Å²) in [6.07, 6.45) is 0.397. The first-order valence-electron chi connectivity index (χ1n) is 3.65. The maximum Gasteiger partial charge on any atom is 0.357 e. The molecule has 13 heavy (non-hydrogen) atoms. The van der Waals surface area contributed by atoms with Crippen LogP contribution in [0.2, 0.25) is 0 Å². The van der Waals surface area contributed by atoms with Crippen molar-refractivity contribution in [3.05, 3.63) is 10.8 Å². The summed E-state index contributed by atoms with van der Waals surface area (Å²) in [6, 6.07) is 0. The van der Waals surface area contributed by atoms with E-state index in [1.54, 1.807) is 0 Å². The van der Waals surface area contributed by atoms with Gasteiger partial charge < -0.3 is 9.84 Å². The molecular formula is C7H7NO4S. The number of carboxylic acids is 1. The second-order valence-electron chi connectivity index (χ2n) is 2.69. The first-order chi connectivity index (χ1) is 6.15. The zero-order valence-electron chi connectivity index (χ0n) is 6.81. The third-order valence-electron chi connectivity index (χ3n) is 1.97. The van der Waals surface area contributed by atoms with Gasteiger partial charge in [0.15, 0.2) is 10.8 Å². The van der Waals surface area contributed by atoms with E-state index in [0.29, 0.717) is 11.5 Å². The van der Waals surface area contributed by atoms with Gasteiger partial charge in [0.25, 0.3) is 0 Å². The van der Waals surface area contributed by atoms with Crippen molar-refractivity contribution in [1.82, 2.24) is 4.90 Å². The molecule has 5 nitrogen and oxygen atoms in total. The number of carboxylic acid groups (broad SMARTS) is 1. The lowest BCUT2D eigenvalue weighted by molar-refractivity contribution is -0.145. The van der Waals surface area contributed by atoms with E-state index >= 15 is 0 Å². The number of nitrogens with zero attached hydrogens (tertiary/aromatic N) is 1. The van der Waals surface area contributed by atoms with Gasteiger partial charge in [0.2, 0.25) is 5.91 Å². The Morgan fingerprint density at radius 3 is 2.92 bits per heavy atom. The van der Waals surface area contributed by atoms with Crippen LogP contribution in [0, 0.1) is 0 Å². The van der Waals surface area contributed by atoms with Gasteiger partial charge in [0.05, 0.1) is 18.9 Å². The van der Waals surface area contributed by atoms with Crippen LogP contribution >= 0.6 is 11.8 Å². The van der Waals surface area contributed by atoms with Crippen LogP contribution in [-0.4, -0.2) is 34.4 Å². The van der Waals surface area contributed by atoms with Crippen molar-refractivity contribution >= 4 is 23.6 Å². The largest absolute Gasteiger partial charge is 0.488 e. The predicted octanol–water partition coefficient (Wildman–Crippen LogP) is 0.192. The van der Waals surface area contributed by atoms with Crippen molar-refractivity contribution in [3.8, 4) is 0 Å². The lowest BCUT2D eigenvalue weighted by Crippen LogP contribution is -2.48. The summed E-state index contributed by atoms with van der Waals surface area (Å²) in [6.45, 7) is 0. The van der Waals surface area contributed by atoms with Gasteiger partial charge in [-0.2, -0.15) is 0 Å². The number of amides is 1. The molecule has 70 valence electrons. The number of rotatable bonds is 2. The summed E-state index contributed by atoms with van der Waals surface area (Å²) in [4.78, 5) is 23.1. The van der Waals surface area contributed by atoms with Crippen molar-refractivity contribution in [3.63, 3.8) is 0 Å². The predicted molar refractivity (Wildman–Crippen MR) is 44.5 cm³/mol. The van der Waals surface area contributed by atoms with Gasteiger partial charge in [-0.15, -0.1) is 0 Å². The number of fused-ring (bicyclic) bond motifs is 1. The van der Waals surface area contributed by atoms with E-state index in [2.05, 4.69) is 0 Å². The first kappa shape index (κ1) is 8.43. The molecule has 0 aromatic carbocycles. The Balaban J connectivity index is 2.34. The molecule has 0 aliphatic carbocycles. The normalized spacial score (nSPS) is 25.8. The Kier molecular flexibility index (Phi) is 1.73. The Morgan fingerprint density at radius 2 is 2.46 bits per heavy atom. The summed E-state index contributed by atoms with van der Waals surface area (Å²) >= 11 is 1.28. The third-order valence-corrected chi connectivity index (χ3v) is 3.19. The third kappa shape index (κ3) is 1.02. The maximum atomic E-state index is 11.0. The molecule has 2 aliphatic rings. The summed E-state index contributed by atoms with van der Waals surface area (Å²) in [5, 5.41) is 9.07. The number of aliphatic carboxylic acids is 1. The molecular weight excluding hydrogens is 194 g/mol. The van der Waals surface area contributed by atoms with E-state index in [-0.39, 0.29) is 17.0 Å². The van der Waals surface area contributed by atoms with Crippen molar-refractivity contribution in [2.45, 2.75) is 11.8 Å².